The molecule has 3 atom stereocenters. The largest absolute Gasteiger partial charge is 0.356 e. The summed E-state index contributed by atoms with van der Waals surface area (Å²) in [6.07, 6.45) is 6.67. The average molecular weight is 352 g/mol. The van der Waals surface area contributed by atoms with Gasteiger partial charge in [0.05, 0.1) is 0 Å². The third-order valence-electron chi connectivity index (χ3n) is 5.32. The average Bonchev–Trinajstić information content (AvgIpc) is 2.58. The molecule has 0 aromatic carbocycles. The molecule has 0 spiro atoms. The van der Waals surface area contributed by atoms with Crippen LogP contribution in [0, 0.1) is 11.8 Å². The molecule has 0 aromatic heterocycles. The predicted molar refractivity (Wildman–Crippen MR) is 104 cm³/mol. The Kier molecular flexibility index (Phi) is 8.00. The molecule has 1 heterocycles. The molecule has 6 heteroatoms. The van der Waals surface area contributed by atoms with Crippen molar-refractivity contribution in [2.45, 2.75) is 64.5 Å². The van der Waals surface area contributed by atoms with E-state index < -0.39 is 0 Å². The van der Waals surface area contributed by atoms with Crippen LogP contribution in [-0.2, 0) is 4.79 Å². The van der Waals surface area contributed by atoms with Gasteiger partial charge in [-0.05, 0) is 65.5 Å². The van der Waals surface area contributed by atoms with E-state index in [1.54, 1.807) is 0 Å². The first-order chi connectivity index (χ1) is 12.0. The van der Waals surface area contributed by atoms with Crippen molar-refractivity contribution in [1.82, 2.24) is 20.9 Å². The number of rotatable bonds is 5. The Labute approximate surface area is 153 Å². The zero-order chi connectivity index (χ0) is 18.2. The van der Waals surface area contributed by atoms with E-state index in [9.17, 15) is 4.79 Å². The molecule has 2 aliphatic rings. The van der Waals surface area contributed by atoms with Crippen molar-refractivity contribution >= 4 is 11.9 Å². The molecule has 1 saturated heterocycles. The molecule has 144 valence electrons. The topological polar surface area (TPSA) is 68.8 Å². The summed E-state index contributed by atoms with van der Waals surface area (Å²) in [7, 11) is 4.03. The second-order valence-electron chi connectivity index (χ2n) is 8.09. The number of likely N-dealkylation sites (tertiary alicyclic amines) is 1. The zero-order valence-electron chi connectivity index (χ0n) is 16.5. The maximum Gasteiger partial charge on any atom is 0.223 e. The van der Waals surface area contributed by atoms with Crippen LogP contribution in [0.25, 0.3) is 0 Å². The van der Waals surface area contributed by atoms with Crippen molar-refractivity contribution < 1.29 is 4.79 Å². The molecule has 25 heavy (non-hydrogen) atoms. The predicted octanol–water partition coefficient (Wildman–Crippen LogP) is 1.58. The summed E-state index contributed by atoms with van der Waals surface area (Å²) in [5.74, 6) is 1.89. The van der Waals surface area contributed by atoms with Crippen molar-refractivity contribution in [3.05, 3.63) is 0 Å². The summed E-state index contributed by atoms with van der Waals surface area (Å²) in [5.41, 5.74) is 0. The fraction of sp³-hybridized carbons (Fsp3) is 0.895. The van der Waals surface area contributed by atoms with Crippen LogP contribution in [0.5, 0.6) is 0 Å². The van der Waals surface area contributed by atoms with Crippen LogP contribution in [0.1, 0.15) is 52.4 Å². The summed E-state index contributed by atoms with van der Waals surface area (Å²) in [6.45, 7) is 7.38. The van der Waals surface area contributed by atoms with Gasteiger partial charge in [0.15, 0.2) is 5.96 Å². The van der Waals surface area contributed by atoms with Gasteiger partial charge in [0.1, 0.15) is 0 Å². The highest BCUT2D eigenvalue weighted by atomic mass is 16.1. The van der Waals surface area contributed by atoms with Gasteiger partial charge in [-0.25, -0.2) is 0 Å². The van der Waals surface area contributed by atoms with Crippen LogP contribution in [0.2, 0.25) is 0 Å². The zero-order valence-corrected chi connectivity index (χ0v) is 16.5. The van der Waals surface area contributed by atoms with Gasteiger partial charge in [-0.3, -0.25) is 9.79 Å². The highest BCUT2D eigenvalue weighted by Gasteiger charge is 2.28. The lowest BCUT2D eigenvalue weighted by Crippen LogP contribution is -2.49. The first-order valence-electron chi connectivity index (χ1n) is 9.94. The van der Waals surface area contributed by atoms with Crippen molar-refractivity contribution in [2.24, 2.45) is 16.8 Å². The number of carbonyl (C=O) groups excluding carboxylic acids is 1. The number of hydrogen-bond acceptors (Lipinski definition) is 3. The second kappa shape index (κ2) is 10.00. The van der Waals surface area contributed by atoms with Gasteiger partial charge < -0.3 is 20.9 Å². The maximum absolute atomic E-state index is 12.3. The van der Waals surface area contributed by atoms with Gasteiger partial charge in [0.25, 0.3) is 0 Å². The summed E-state index contributed by atoms with van der Waals surface area (Å²) in [4.78, 5) is 19.1. The van der Waals surface area contributed by atoms with Crippen molar-refractivity contribution in [3.63, 3.8) is 0 Å². The molecule has 1 aliphatic heterocycles. The number of nitrogens with one attached hydrogen (secondary N) is 3. The van der Waals surface area contributed by atoms with Crippen LogP contribution >= 0.6 is 0 Å². The molecule has 1 aliphatic carbocycles. The van der Waals surface area contributed by atoms with Gasteiger partial charge >= 0.3 is 0 Å². The SMILES string of the molecule is CN=C(NCC1CCCN(C)C1)NC1CCCC(C(=O)NC(C)C)C1. The Balaban J connectivity index is 1.77. The smallest absolute Gasteiger partial charge is 0.223 e. The van der Waals surface area contributed by atoms with E-state index in [0.29, 0.717) is 12.0 Å². The number of guanidine groups is 1. The van der Waals surface area contributed by atoms with Crippen molar-refractivity contribution in [1.29, 1.82) is 0 Å². The molecule has 1 saturated carbocycles. The lowest BCUT2D eigenvalue weighted by Gasteiger charge is -2.32. The van der Waals surface area contributed by atoms with E-state index in [-0.39, 0.29) is 17.9 Å². The first-order valence-corrected chi connectivity index (χ1v) is 9.94. The van der Waals surface area contributed by atoms with Crippen LogP contribution in [0.4, 0.5) is 0 Å². The number of nitrogens with zero attached hydrogens (tertiary/aromatic N) is 2. The Morgan fingerprint density at radius 1 is 1.24 bits per heavy atom. The summed E-state index contributed by atoms with van der Waals surface area (Å²) < 4.78 is 0. The molecule has 0 bridgehead atoms. The highest BCUT2D eigenvalue weighted by Crippen LogP contribution is 2.24. The molecular weight excluding hydrogens is 314 g/mol. The van der Waals surface area contributed by atoms with E-state index in [0.717, 1.165) is 44.7 Å². The van der Waals surface area contributed by atoms with Crippen LogP contribution in [-0.4, -0.2) is 62.6 Å². The molecule has 6 nitrogen and oxygen atoms in total. The minimum Gasteiger partial charge on any atom is -0.356 e. The number of piperidine rings is 1. The fourth-order valence-corrected chi connectivity index (χ4v) is 4.03. The van der Waals surface area contributed by atoms with Gasteiger partial charge in [0, 0.05) is 38.1 Å². The number of hydrogen-bond donors (Lipinski definition) is 3. The molecule has 1 amide bonds. The van der Waals surface area contributed by atoms with E-state index >= 15 is 0 Å². The van der Waals surface area contributed by atoms with Crippen molar-refractivity contribution in [3.8, 4) is 0 Å². The monoisotopic (exact) mass is 351 g/mol. The summed E-state index contributed by atoms with van der Waals surface area (Å²) in [6, 6.07) is 0.542. The Morgan fingerprint density at radius 3 is 2.72 bits per heavy atom. The third-order valence-corrected chi connectivity index (χ3v) is 5.32. The summed E-state index contributed by atoms with van der Waals surface area (Å²) >= 11 is 0. The summed E-state index contributed by atoms with van der Waals surface area (Å²) in [5, 5.41) is 10.1. The number of carbonyl (C=O) groups is 1. The van der Waals surface area contributed by atoms with Gasteiger partial charge in [-0.1, -0.05) is 6.42 Å². The molecule has 3 unspecified atom stereocenters. The molecule has 2 rings (SSSR count). The van der Waals surface area contributed by atoms with E-state index in [2.05, 4.69) is 32.9 Å². The number of amides is 1. The lowest BCUT2D eigenvalue weighted by atomic mass is 9.85. The second-order valence-corrected chi connectivity index (χ2v) is 8.09. The number of aliphatic imine (C=N–C) groups is 1. The molecular formula is C19H37N5O. The van der Waals surface area contributed by atoms with Crippen LogP contribution < -0.4 is 16.0 Å². The molecule has 3 N–H and O–H groups in total. The Bertz CT molecular complexity index is 451. The molecule has 0 aromatic rings. The molecule has 2 fully saturated rings. The first kappa shape index (κ1) is 20.0. The Morgan fingerprint density at radius 2 is 2.04 bits per heavy atom. The van der Waals surface area contributed by atoms with Crippen LogP contribution in [0.3, 0.4) is 0 Å². The molecule has 0 radical (unpaired) electrons. The lowest BCUT2D eigenvalue weighted by molar-refractivity contribution is -0.126. The van der Waals surface area contributed by atoms with Gasteiger partial charge in [-0.15, -0.1) is 0 Å². The quantitative estimate of drug-likeness (QED) is 0.520. The highest BCUT2D eigenvalue weighted by molar-refractivity contribution is 5.81. The Hall–Kier alpha value is -1.30. The van der Waals surface area contributed by atoms with Gasteiger partial charge in [-0.2, -0.15) is 0 Å². The standard InChI is InChI=1S/C19H37N5O/c1-14(2)22-18(25)16-8-5-9-17(11-16)23-19(20-3)21-12-15-7-6-10-24(4)13-15/h14-17H,5-13H2,1-4H3,(H,22,25)(H2,20,21,23). The normalized spacial score (nSPS) is 28.7. The maximum atomic E-state index is 12.3. The minimum absolute atomic E-state index is 0.124. The van der Waals surface area contributed by atoms with Gasteiger partial charge in [0.2, 0.25) is 5.91 Å². The van der Waals surface area contributed by atoms with E-state index in [1.165, 1.54) is 19.4 Å². The van der Waals surface area contributed by atoms with E-state index in [1.807, 2.05) is 20.9 Å². The fourth-order valence-electron chi connectivity index (χ4n) is 4.03. The minimum atomic E-state index is 0.124. The van der Waals surface area contributed by atoms with Crippen molar-refractivity contribution in [2.75, 3.05) is 33.7 Å². The van der Waals surface area contributed by atoms with Crippen LogP contribution in [0.15, 0.2) is 4.99 Å². The third kappa shape index (κ3) is 6.84. The van der Waals surface area contributed by atoms with E-state index in [4.69, 9.17) is 0 Å².